The van der Waals surface area contributed by atoms with E-state index in [0.29, 0.717) is 58.8 Å². The third-order valence-corrected chi connectivity index (χ3v) is 3.00. The van der Waals surface area contributed by atoms with Gasteiger partial charge in [-0.2, -0.15) is 0 Å². The molecule has 0 aromatic heterocycles. The second-order valence-electron chi connectivity index (χ2n) is 5.60. The lowest BCUT2D eigenvalue weighted by molar-refractivity contribution is -0.0113. The zero-order valence-electron chi connectivity index (χ0n) is 15.3. The Labute approximate surface area is 142 Å². The number of likely N-dealkylation sites (N-methyl/N-ethyl adjacent to an activating group) is 1. The second-order valence-corrected chi connectivity index (χ2v) is 5.60. The van der Waals surface area contributed by atoms with Gasteiger partial charge in [-0.25, -0.2) is 0 Å². The van der Waals surface area contributed by atoms with Crippen LogP contribution in [0.3, 0.4) is 0 Å². The van der Waals surface area contributed by atoms with Crippen LogP contribution in [0.2, 0.25) is 0 Å². The topological polar surface area (TPSA) is 58.2 Å². The maximum atomic E-state index is 5.46. The molecule has 0 saturated carbocycles. The van der Waals surface area contributed by atoms with Crippen LogP contribution in [0.15, 0.2) is 0 Å². The second kappa shape index (κ2) is 19.8. The van der Waals surface area contributed by atoms with Gasteiger partial charge in [0.1, 0.15) is 0 Å². The minimum absolute atomic E-state index is 0.589. The van der Waals surface area contributed by atoms with Crippen molar-refractivity contribution in [3.63, 3.8) is 0 Å². The number of rotatable bonds is 19. The van der Waals surface area contributed by atoms with E-state index in [2.05, 4.69) is 26.1 Å². The van der Waals surface area contributed by atoms with Crippen molar-refractivity contribution in [3.8, 4) is 0 Å². The zero-order valence-corrected chi connectivity index (χ0v) is 15.3. The van der Waals surface area contributed by atoms with Crippen molar-refractivity contribution in [2.24, 2.45) is 5.92 Å². The van der Waals surface area contributed by atoms with Gasteiger partial charge in [0, 0.05) is 13.2 Å². The summed E-state index contributed by atoms with van der Waals surface area (Å²) in [6, 6.07) is 0. The van der Waals surface area contributed by atoms with E-state index in [1.54, 1.807) is 0 Å². The SMILES string of the molecule is CCNCCOCCOCCOCCOCCOCCC(C)C. The summed E-state index contributed by atoms with van der Waals surface area (Å²) in [5.74, 6) is 0.691. The monoisotopic (exact) mass is 335 g/mol. The molecule has 6 nitrogen and oxygen atoms in total. The molecule has 0 bridgehead atoms. The first-order chi connectivity index (χ1) is 11.3. The van der Waals surface area contributed by atoms with Gasteiger partial charge in [-0.15, -0.1) is 0 Å². The van der Waals surface area contributed by atoms with E-state index in [1.165, 1.54) is 0 Å². The van der Waals surface area contributed by atoms with Crippen molar-refractivity contribution in [2.45, 2.75) is 27.2 Å². The van der Waals surface area contributed by atoms with Crippen LogP contribution in [-0.4, -0.2) is 79.2 Å². The highest BCUT2D eigenvalue weighted by molar-refractivity contribution is 4.43. The lowest BCUT2D eigenvalue weighted by Gasteiger charge is -2.08. The van der Waals surface area contributed by atoms with Crippen molar-refractivity contribution in [1.29, 1.82) is 0 Å². The van der Waals surface area contributed by atoms with Gasteiger partial charge in [0.25, 0.3) is 0 Å². The van der Waals surface area contributed by atoms with Gasteiger partial charge in [-0.1, -0.05) is 20.8 Å². The van der Waals surface area contributed by atoms with E-state index < -0.39 is 0 Å². The molecule has 0 saturated heterocycles. The lowest BCUT2D eigenvalue weighted by atomic mass is 10.1. The van der Waals surface area contributed by atoms with Crippen LogP contribution in [-0.2, 0) is 23.7 Å². The fraction of sp³-hybridized carbons (Fsp3) is 1.00. The molecule has 0 aliphatic heterocycles. The van der Waals surface area contributed by atoms with Gasteiger partial charge in [0.2, 0.25) is 0 Å². The fourth-order valence-corrected chi connectivity index (χ4v) is 1.62. The van der Waals surface area contributed by atoms with Gasteiger partial charge < -0.3 is 29.0 Å². The molecule has 0 aromatic rings. The van der Waals surface area contributed by atoms with Crippen molar-refractivity contribution in [2.75, 3.05) is 79.2 Å². The molecule has 0 spiro atoms. The van der Waals surface area contributed by atoms with Gasteiger partial charge in [0.05, 0.1) is 59.5 Å². The highest BCUT2D eigenvalue weighted by atomic mass is 16.6. The Morgan fingerprint density at radius 1 is 0.609 bits per heavy atom. The van der Waals surface area contributed by atoms with E-state index >= 15 is 0 Å². The molecule has 0 heterocycles. The smallest absolute Gasteiger partial charge is 0.0701 e. The molecule has 0 atom stereocenters. The molecule has 0 aliphatic rings. The van der Waals surface area contributed by atoms with Crippen molar-refractivity contribution in [1.82, 2.24) is 5.32 Å². The molecule has 0 amide bonds. The predicted molar refractivity (Wildman–Crippen MR) is 92.1 cm³/mol. The highest BCUT2D eigenvalue weighted by Crippen LogP contribution is 1.98. The molecular weight excluding hydrogens is 298 g/mol. The van der Waals surface area contributed by atoms with Gasteiger partial charge in [-0.3, -0.25) is 0 Å². The number of hydrogen-bond donors (Lipinski definition) is 1. The molecule has 6 heteroatoms. The number of nitrogens with one attached hydrogen (secondary N) is 1. The average Bonchev–Trinajstić information content (AvgIpc) is 2.53. The molecule has 140 valence electrons. The molecule has 0 rings (SSSR count). The summed E-state index contributed by atoms with van der Waals surface area (Å²) in [5, 5.41) is 3.20. The first-order valence-electron chi connectivity index (χ1n) is 8.86. The van der Waals surface area contributed by atoms with Crippen LogP contribution in [0.4, 0.5) is 0 Å². The summed E-state index contributed by atoms with van der Waals surface area (Å²) in [4.78, 5) is 0. The minimum atomic E-state index is 0.589. The lowest BCUT2D eigenvalue weighted by Crippen LogP contribution is -2.20. The van der Waals surface area contributed by atoms with Gasteiger partial charge in [-0.05, 0) is 18.9 Å². The summed E-state index contributed by atoms with van der Waals surface area (Å²) in [5.41, 5.74) is 0. The maximum Gasteiger partial charge on any atom is 0.0701 e. The quantitative estimate of drug-likeness (QED) is 0.363. The Morgan fingerprint density at radius 2 is 1.00 bits per heavy atom. The summed E-state index contributed by atoms with van der Waals surface area (Å²) in [7, 11) is 0. The Balaban J connectivity index is 2.95. The minimum Gasteiger partial charge on any atom is -0.379 e. The van der Waals surface area contributed by atoms with Crippen LogP contribution < -0.4 is 5.32 Å². The van der Waals surface area contributed by atoms with Crippen molar-refractivity contribution < 1.29 is 23.7 Å². The zero-order chi connectivity index (χ0) is 17.0. The Kier molecular flexibility index (Phi) is 19.6. The first-order valence-corrected chi connectivity index (χ1v) is 8.86. The van der Waals surface area contributed by atoms with Crippen LogP contribution >= 0.6 is 0 Å². The Hall–Kier alpha value is -0.240. The fourth-order valence-electron chi connectivity index (χ4n) is 1.62. The van der Waals surface area contributed by atoms with E-state index in [-0.39, 0.29) is 0 Å². The molecule has 0 aliphatic carbocycles. The van der Waals surface area contributed by atoms with Gasteiger partial charge >= 0.3 is 0 Å². The Morgan fingerprint density at radius 3 is 1.39 bits per heavy atom. The summed E-state index contributed by atoms with van der Waals surface area (Å²) in [6.07, 6.45) is 1.10. The average molecular weight is 335 g/mol. The molecule has 0 aromatic carbocycles. The van der Waals surface area contributed by atoms with Crippen molar-refractivity contribution >= 4 is 0 Å². The first kappa shape index (κ1) is 22.8. The van der Waals surface area contributed by atoms with Gasteiger partial charge in [0.15, 0.2) is 0 Å². The standard InChI is InChI=1S/C17H37NO5/c1-4-18-6-8-20-10-12-22-14-16-23-15-13-21-11-9-19-7-5-17(2)3/h17-18H,4-16H2,1-3H3. The summed E-state index contributed by atoms with van der Waals surface area (Å²) >= 11 is 0. The molecule has 0 radical (unpaired) electrons. The molecule has 23 heavy (non-hydrogen) atoms. The summed E-state index contributed by atoms with van der Waals surface area (Å²) < 4.78 is 27.1. The highest BCUT2D eigenvalue weighted by Gasteiger charge is 1.95. The van der Waals surface area contributed by atoms with E-state index in [1.807, 2.05) is 0 Å². The third-order valence-electron chi connectivity index (χ3n) is 3.00. The summed E-state index contributed by atoms with van der Waals surface area (Å²) in [6.45, 7) is 14.8. The number of hydrogen-bond acceptors (Lipinski definition) is 6. The van der Waals surface area contributed by atoms with Crippen LogP contribution in [0.25, 0.3) is 0 Å². The number of ether oxygens (including phenoxy) is 5. The van der Waals surface area contributed by atoms with Crippen molar-refractivity contribution in [3.05, 3.63) is 0 Å². The van der Waals surface area contributed by atoms with Crippen LogP contribution in [0.1, 0.15) is 27.2 Å². The molecular formula is C17H37NO5. The Bertz CT molecular complexity index is 217. The van der Waals surface area contributed by atoms with E-state index in [9.17, 15) is 0 Å². The molecule has 0 unspecified atom stereocenters. The largest absolute Gasteiger partial charge is 0.379 e. The molecule has 1 N–H and O–H groups in total. The van der Waals surface area contributed by atoms with E-state index in [4.69, 9.17) is 23.7 Å². The van der Waals surface area contributed by atoms with E-state index in [0.717, 1.165) is 32.7 Å². The van der Waals surface area contributed by atoms with Crippen LogP contribution in [0.5, 0.6) is 0 Å². The van der Waals surface area contributed by atoms with Crippen LogP contribution in [0, 0.1) is 5.92 Å². The predicted octanol–water partition coefficient (Wildman–Crippen LogP) is 1.73. The third kappa shape index (κ3) is 21.8. The normalized spacial score (nSPS) is 11.5. The maximum absolute atomic E-state index is 5.46. The molecule has 0 fully saturated rings.